The van der Waals surface area contributed by atoms with Gasteiger partial charge in [-0.1, -0.05) is 50.1 Å². The van der Waals surface area contributed by atoms with E-state index in [2.05, 4.69) is 42.9 Å². The summed E-state index contributed by atoms with van der Waals surface area (Å²) in [5.74, 6) is 0.524. The van der Waals surface area contributed by atoms with E-state index in [0.717, 1.165) is 24.8 Å². The fourth-order valence-electron chi connectivity index (χ4n) is 2.93. The van der Waals surface area contributed by atoms with E-state index in [4.69, 9.17) is 0 Å². The number of imidazole rings is 1. The van der Waals surface area contributed by atoms with Crippen LogP contribution in [0.15, 0.2) is 39.9 Å². The van der Waals surface area contributed by atoms with Gasteiger partial charge in [0.2, 0.25) is 0 Å². The highest BCUT2D eigenvalue weighted by Gasteiger charge is 2.18. The first-order valence-electron chi connectivity index (χ1n) is 8.29. The number of hydrogen-bond donors (Lipinski definition) is 1. The van der Waals surface area contributed by atoms with E-state index in [1.807, 2.05) is 30.3 Å². The SMILES string of the molecule is CCCCCn1c(=O)n2nc(-c3ccccc3)nc2c2[nH]c(Br)nc21. The molecule has 0 amide bonds. The molecule has 0 fully saturated rings. The lowest BCUT2D eigenvalue weighted by Gasteiger charge is -2.06. The Balaban J connectivity index is 1.96. The molecular formula is C17H17BrN6O. The second-order valence-electron chi connectivity index (χ2n) is 5.90. The second kappa shape index (κ2) is 6.44. The molecule has 0 unspecified atom stereocenters. The largest absolute Gasteiger partial charge is 0.352 e. The highest BCUT2D eigenvalue weighted by atomic mass is 79.9. The molecule has 128 valence electrons. The number of benzene rings is 1. The van der Waals surface area contributed by atoms with Gasteiger partial charge in [0.15, 0.2) is 21.9 Å². The maximum Gasteiger partial charge on any atom is 0.352 e. The molecule has 25 heavy (non-hydrogen) atoms. The molecule has 1 N–H and O–H groups in total. The summed E-state index contributed by atoms with van der Waals surface area (Å²) >= 11 is 3.36. The van der Waals surface area contributed by atoms with Crippen LogP contribution in [0.3, 0.4) is 0 Å². The zero-order valence-corrected chi connectivity index (χ0v) is 15.3. The van der Waals surface area contributed by atoms with E-state index < -0.39 is 0 Å². The van der Waals surface area contributed by atoms with Gasteiger partial charge < -0.3 is 4.98 Å². The number of hydrogen-bond acceptors (Lipinski definition) is 4. The molecule has 0 saturated heterocycles. The molecule has 0 spiro atoms. The number of rotatable bonds is 5. The minimum Gasteiger partial charge on any atom is -0.328 e. The van der Waals surface area contributed by atoms with Gasteiger partial charge in [-0.3, -0.25) is 4.57 Å². The van der Waals surface area contributed by atoms with Crippen LogP contribution >= 0.6 is 15.9 Å². The molecule has 0 aliphatic heterocycles. The molecule has 8 heteroatoms. The van der Waals surface area contributed by atoms with Crippen LogP contribution in [0.25, 0.3) is 28.2 Å². The third-order valence-electron chi connectivity index (χ3n) is 4.17. The number of unbranched alkanes of at least 4 members (excludes halogenated alkanes) is 2. The van der Waals surface area contributed by atoms with Gasteiger partial charge in [-0.05, 0) is 22.4 Å². The maximum absolute atomic E-state index is 12.9. The van der Waals surface area contributed by atoms with Gasteiger partial charge in [0.1, 0.15) is 5.52 Å². The van der Waals surface area contributed by atoms with Crippen molar-refractivity contribution in [3.63, 3.8) is 0 Å². The van der Waals surface area contributed by atoms with Crippen molar-refractivity contribution in [2.75, 3.05) is 0 Å². The Morgan fingerprint density at radius 2 is 1.92 bits per heavy atom. The summed E-state index contributed by atoms with van der Waals surface area (Å²) < 4.78 is 3.60. The van der Waals surface area contributed by atoms with Crippen LogP contribution < -0.4 is 5.69 Å². The Morgan fingerprint density at radius 1 is 1.12 bits per heavy atom. The van der Waals surface area contributed by atoms with Crippen molar-refractivity contribution in [3.05, 3.63) is 45.5 Å². The van der Waals surface area contributed by atoms with E-state index in [0.29, 0.717) is 33.9 Å². The lowest BCUT2D eigenvalue weighted by molar-refractivity contribution is 0.579. The highest BCUT2D eigenvalue weighted by molar-refractivity contribution is 9.10. The molecule has 0 saturated carbocycles. The van der Waals surface area contributed by atoms with Crippen molar-refractivity contribution in [1.29, 1.82) is 0 Å². The van der Waals surface area contributed by atoms with Crippen LogP contribution in [0, 0.1) is 0 Å². The lowest BCUT2D eigenvalue weighted by atomic mass is 10.2. The first-order chi connectivity index (χ1) is 12.2. The molecule has 1 aromatic carbocycles. The number of halogens is 1. The Labute approximate surface area is 151 Å². The number of aromatic amines is 1. The van der Waals surface area contributed by atoms with Crippen molar-refractivity contribution >= 4 is 32.7 Å². The van der Waals surface area contributed by atoms with Gasteiger partial charge in [-0.15, -0.1) is 5.10 Å². The molecule has 4 aromatic rings. The van der Waals surface area contributed by atoms with Gasteiger partial charge in [-0.2, -0.15) is 4.52 Å². The summed E-state index contributed by atoms with van der Waals surface area (Å²) in [6, 6.07) is 9.63. The van der Waals surface area contributed by atoms with Gasteiger partial charge in [0.25, 0.3) is 0 Å². The molecule has 0 bridgehead atoms. The van der Waals surface area contributed by atoms with Gasteiger partial charge in [0.05, 0.1) is 0 Å². The molecule has 7 nitrogen and oxygen atoms in total. The summed E-state index contributed by atoms with van der Waals surface area (Å²) in [6.07, 6.45) is 3.07. The van der Waals surface area contributed by atoms with Crippen LogP contribution in [0.1, 0.15) is 26.2 Å². The molecule has 0 radical (unpaired) electrons. The van der Waals surface area contributed by atoms with Crippen molar-refractivity contribution in [2.45, 2.75) is 32.7 Å². The Bertz CT molecular complexity index is 1100. The summed E-state index contributed by atoms with van der Waals surface area (Å²) in [5.41, 5.74) is 2.45. The van der Waals surface area contributed by atoms with Gasteiger partial charge in [-0.25, -0.2) is 14.8 Å². The van der Waals surface area contributed by atoms with Gasteiger partial charge >= 0.3 is 5.69 Å². The monoisotopic (exact) mass is 400 g/mol. The minimum atomic E-state index is -0.215. The predicted molar refractivity (Wildman–Crippen MR) is 99.6 cm³/mol. The van der Waals surface area contributed by atoms with Crippen LogP contribution in [0.5, 0.6) is 0 Å². The van der Waals surface area contributed by atoms with E-state index in [9.17, 15) is 4.79 Å². The number of H-pyrrole nitrogens is 1. The van der Waals surface area contributed by atoms with Crippen LogP contribution in [-0.4, -0.2) is 29.1 Å². The quantitative estimate of drug-likeness (QED) is 0.411. The van der Waals surface area contributed by atoms with E-state index in [1.54, 1.807) is 4.57 Å². The number of nitrogens with zero attached hydrogens (tertiary/aromatic N) is 5. The topological polar surface area (TPSA) is 80.9 Å². The third kappa shape index (κ3) is 2.76. The molecule has 4 rings (SSSR count). The summed E-state index contributed by atoms with van der Waals surface area (Å²) in [6.45, 7) is 2.74. The fourth-order valence-corrected chi connectivity index (χ4v) is 3.30. The van der Waals surface area contributed by atoms with Crippen LogP contribution in [0.2, 0.25) is 0 Å². The van der Waals surface area contributed by atoms with Crippen molar-refractivity contribution < 1.29 is 0 Å². The molecular weight excluding hydrogens is 384 g/mol. The number of aryl methyl sites for hydroxylation is 1. The number of fused-ring (bicyclic) bond motifs is 3. The second-order valence-corrected chi connectivity index (χ2v) is 6.66. The smallest absolute Gasteiger partial charge is 0.328 e. The summed E-state index contributed by atoms with van der Waals surface area (Å²) in [4.78, 5) is 25.1. The van der Waals surface area contributed by atoms with Crippen LogP contribution in [-0.2, 0) is 6.54 Å². The molecule has 3 heterocycles. The minimum absolute atomic E-state index is 0.215. The average Bonchev–Trinajstić information content (AvgIpc) is 3.22. The first kappa shape index (κ1) is 16.0. The Morgan fingerprint density at radius 3 is 2.68 bits per heavy atom. The average molecular weight is 401 g/mol. The lowest BCUT2D eigenvalue weighted by Crippen LogP contribution is -2.28. The van der Waals surface area contributed by atoms with Crippen LogP contribution in [0.4, 0.5) is 0 Å². The first-order valence-corrected chi connectivity index (χ1v) is 9.08. The fraction of sp³-hybridized carbons (Fsp3) is 0.294. The molecule has 0 aliphatic carbocycles. The summed E-state index contributed by atoms with van der Waals surface area (Å²) in [7, 11) is 0. The maximum atomic E-state index is 12.9. The van der Waals surface area contributed by atoms with Crippen molar-refractivity contribution in [2.24, 2.45) is 0 Å². The number of nitrogens with one attached hydrogen (secondary N) is 1. The zero-order valence-electron chi connectivity index (χ0n) is 13.7. The molecule has 0 aliphatic rings. The van der Waals surface area contributed by atoms with Crippen molar-refractivity contribution in [1.82, 2.24) is 29.1 Å². The number of aromatic nitrogens is 6. The normalized spacial score (nSPS) is 11.6. The standard InChI is InChI=1S/C17H17BrN6O/c1-2-3-7-10-23-14-12(19-16(18)21-14)15-20-13(22-24(15)17(23)25)11-8-5-4-6-9-11/h4-6,8-9H,2-3,7,10H2,1H3,(H,19,21). The van der Waals surface area contributed by atoms with E-state index in [-0.39, 0.29) is 5.69 Å². The predicted octanol–water partition coefficient (Wildman–Crippen LogP) is 3.39. The van der Waals surface area contributed by atoms with Crippen molar-refractivity contribution in [3.8, 4) is 11.4 Å². The Kier molecular flexibility index (Phi) is 4.12. The molecule has 0 atom stereocenters. The Hall–Kier alpha value is -2.48. The van der Waals surface area contributed by atoms with E-state index in [1.165, 1.54) is 4.52 Å². The van der Waals surface area contributed by atoms with Gasteiger partial charge in [0, 0.05) is 12.1 Å². The summed E-state index contributed by atoms with van der Waals surface area (Å²) in [5, 5.41) is 4.44. The zero-order chi connectivity index (χ0) is 17.4. The molecule has 3 aromatic heterocycles. The van der Waals surface area contributed by atoms with E-state index >= 15 is 0 Å². The third-order valence-corrected chi connectivity index (χ3v) is 4.55. The highest BCUT2D eigenvalue weighted by Crippen LogP contribution is 2.21.